The van der Waals surface area contributed by atoms with Crippen LogP contribution in [0.5, 0.6) is 5.75 Å². The van der Waals surface area contributed by atoms with Crippen LogP contribution in [-0.2, 0) is 14.4 Å². The molecule has 1 aromatic rings. The molecule has 0 spiro atoms. The number of carboxylic acids is 1. The van der Waals surface area contributed by atoms with Gasteiger partial charge in [-0.15, -0.1) is 0 Å². The van der Waals surface area contributed by atoms with Crippen LogP contribution >= 0.6 is 0 Å². The Morgan fingerprint density at radius 1 is 1.53 bits per heavy atom. The van der Waals surface area contributed by atoms with Crippen molar-refractivity contribution >= 4 is 23.3 Å². The summed E-state index contributed by atoms with van der Waals surface area (Å²) in [5, 5.41) is 14.7. The molecule has 7 heteroatoms. The fourth-order valence-electron chi connectivity index (χ4n) is 1.57. The highest BCUT2D eigenvalue weighted by molar-refractivity contribution is 6.36. The summed E-state index contributed by atoms with van der Waals surface area (Å²) in [6.45, 7) is 0. The molecule has 1 heterocycles. The van der Waals surface area contributed by atoms with E-state index in [1.807, 2.05) is 0 Å². The number of amides is 1. The standard InChI is InChI=1S/C12H12N2O5/c1-18-8-4-2-3-7(5-8)13-11(15)10-6-9(12(16)17)14-19-10/h2-5,10H,6H2,1H3,(H,13,15)(H,16,17). The zero-order valence-corrected chi connectivity index (χ0v) is 10.1. The largest absolute Gasteiger partial charge is 0.497 e. The number of nitrogens with one attached hydrogen (secondary N) is 1. The Labute approximate surface area is 108 Å². The minimum Gasteiger partial charge on any atom is -0.497 e. The van der Waals surface area contributed by atoms with E-state index in [9.17, 15) is 9.59 Å². The fraction of sp³-hybridized carbons (Fsp3) is 0.250. The monoisotopic (exact) mass is 264 g/mol. The molecule has 1 aliphatic rings. The first kappa shape index (κ1) is 12.9. The maximum atomic E-state index is 11.8. The summed E-state index contributed by atoms with van der Waals surface area (Å²) in [6, 6.07) is 6.80. The van der Waals surface area contributed by atoms with E-state index in [-0.39, 0.29) is 12.1 Å². The molecule has 1 unspecified atom stereocenters. The first-order valence-electron chi connectivity index (χ1n) is 5.51. The maximum Gasteiger partial charge on any atom is 0.353 e. The van der Waals surface area contributed by atoms with Crippen LogP contribution < -0.4 is 10.1 Å². The number of anilines is 1. The Bertz CT molecular complexity index is 541. The molecule has 100 valence electrons. The molecule has 0 aliphatic carbocycles. The summed E-state index contributed by atoms with van der Waals surface area (Å²) in [6.07, 6.45) is -0.970. The average molecular weight is 264 g/mol. The Hall–Kier alpha value is -2.57. The molecule has 0 fully saturated rings. The van der Waals surface area contributed by atoms with Crippen molar-refractivity contribution in [1.29, 1.82) is 0 Å². The van der Waals surface area contributed by atoms with Crippen LogP contribution in [0.25, 0.3) is 0 Å². The van der Waals surface area contributed by atoms with Crippen molar-refractivity contribution in [2.75, 3.05) is 12.4 Å². The molecule has 0 saturated heterocycles. The van der Waals surface area contributed by atoms with Gasteiger partial charge in [0.25, 0.3) is 5.91 Å². The number of nitrogens with zero attached hydrogens (tertiary/aromatic N) is 1. The van der Waals surface area contributed by atoms with E-state index >= 15 is 0 Å². The van der Waals surface area contributed by atoms with Gasteiger partial charge in [-0.3, -0.25) is 4.79 Å². The molecule has 0 bridgehead atoms. The van der Waals surface area contributed by atoms with Gasteiger partial charge in [0.15, 0.2) is 5.71 Å². The number of carbonyl (C=O) groups excluding carboxylic acids is 1. The topological polar surface area (TPSA) is 97.2 Å². The third-order valence-electron chi connectivity index (χ3n) is 2.55. The maximum absolute atomic E-state index is 11.8. The van der Waals surface area contributed by atoms with E-state index in [2.05, 4.69) is 10.5 Å². The van der Waals surface area contributed by atoms with Gasteiger partial charge in [0.1, 0.15) is 5.75 Å². The molecule has 0 saturated carbocycles. The van der Waals surface area contributed by atoms with Crippen LogP contribution in [0.15, 0.2) is 29.4 Å². The molecular weight excluding hydrogens is 252 g/mol. The molecule has 0 radical (unpaired) electrons. The third-order valence-corrected chi connectivity index (χ3v) is 2.55. The van der Waals surface area contributed by atoms with E-state index in [0.717, 1.165) is 0 Å². The molecule has 0 aromatic heterocycles. The van der Waals surface area contributed by atoms with Crippen molar-refractivity contribution in [2.24, 2.45) is 5.16 Å². The van der Waals surface area contributed by atoms with E-state index in [1.54, 1.807) is 24.3 Å². The number of hydrogen-bond donors (Lipinski definition) is 2. The number of ether oxygens (including phenoxy) is 1. The van der Waals surface area contributed by atoms with Gasteiger partial charge in [0.2, 0.25) is 6.10 Å². The van der Waals surface area contributed by atoms with Crippen molar-refractivity contribution in [3.05, 3.63) is 24.3 Å². The SMILES string of the molecule is COc1cccc(NC(=O)C2CC(C(=O)O)=NO2)c1. The summed E-state index contributed by atoms with van der Waals surface area (Å²) in [5.41, 5.74) is 0.377. The van der Waals surface area contributed by atoms with Crippen molar-refractivity contribution < 1.29 is 24.3 Å². The molecule has 19 heavy (non-hydrogen) atoms. The van der Waals surface area contributed by atoms with Crippen LogP contribution in [0, 0.1) is 0 Å². The number of benzene rings is 1. The first-order chi connectivity index (χ1) is 9.10. The Balaban J connectivity index is 1.97. The zero-order valence-electron chi connectivity index (χ0n) is 10.1. The second kappa shape index (κ2) is 5.38. The van der Waals surface area contributed by atoms with Gasteiger partial charge in [0.05, 0.1) is 7.11 Å². The minimum atomic E-state index is -1.18. The number of methoxy groups -OCH3 is 1. The molecule has 2 rings (SSSR count). The van der Waals surface area contributed by atoms with Crippen molar-refractivity contribution in [3.63, 3.8) is 0 Å². The van der Waals surface area contributed by atoms with Crippen molar-refractivity contribution in [3.8, 4) is 5.75 Å². The molecule has 2 N–H and O–H groups in total. The van der Waals surface area contributed by atoms with Gasteiger partial charge in [-0.2, -0.15) is 0 Å². The number of oxime groups is 1. The molecular formula is C12H12N2O5. The number of hydrogen-bond acceptors (Lipinski definition) is 5. The van der Waals surface area contributed by atoms with Gasteiger partial charge in [-0.1, -0.05) is 11.2 Å². The summed E-state index contributed by atoms with van der Waals surface area (Å²) in [7, 11) is 1.52. The van der Waals surface area contributed by atoms with Gasteiger partial charge < -0.3 is 20.0 Å². The summed E-state index contributed by atoms with van der Waals surface area (Å²) in [4.78, 5) is 27.3. The first-order valence-corrected chi connectivity index (χ1v) is 5.51. The summed E-state index contributed by atoms with van der Waals surface area (Å²) < 4.78 is 5.03. The second-order valence-corrected chi connectivity index (χ2v) is 3.86. The number of rotatable bonds is 4. The predicted molar refractivity (Wildman–Crippen MR) is 66.2 cm³/mol. The highest BCUT2D eigenvalue weighted by Crippen LogP contribution is 2.18. The second-order valence-electron chi connectivity index (χ2n) is 3.86. The molecule has 1 amide bonds. The van der Waals surface area contributed by atoms with Crippen LogP contribution in [0.4, 0.5) is 5.69 Å². The quantitative estimate of drug-likeness (QED) is 0.840. The van der Waals surface area contributed by atoms with E-state index in [1.165, 1.54) is 7.11 Å². The van der Waals surface area contributed by atoms with Crippen LogP contribution in [-0.4, -0.2) is 35.9 Å². The van der Waals surface area contributed by atoms with Gasteiger partial charge in [0, 0.05) is 18.2 Å². The van der Waals surface area contributed by atoms with Gasteiger partial charge in [-0.25, -0.2) is 4.79 Å². The minimum absolute atomic E-state index is 0.0505. The highest BCUT2D eigenvalue weighted by atomic mass is 16.6. The summed E-state index contributed by atoms with van der Waals surface area (Å²) in [5.74, 6) is -1.03. The molecule has 1 aliphatic heterocycles. The van der Waals surface area contributed by atoms with Crippen LogP contribution in [0.2, 0.25) is 0 Å². The Morgan fingerprint density at radius 2 is 2.32 bits per heavy atom. The van der Waals surface area contributed by atoms with Crippen molar-refractivity contribution in [1.82, 2.24) is 0 Å². The highest BCUT2D eigenvalue weighted by Gasteiger charge is 2.31. The lowest BCUT2D eigenvalue weighted by Crippen LogP contribution is -2.28. The van der Waals surface area contributed by atoms with Crippen LogP contribution in [0.1, 0.15) is 6.42 Å². The lowest BCUT2D eigenvalue weighted by atomic mass is 10.1. The number of carboxylic acid groups (broad SMARTS) is 1. The Kier molecular flexibility index (Phi) is 3.65. The molecule has 1 atom stereocenters. The average Bonchev–Trinajstić information content (AvgIpc) is 2.89. The van der Waals surface area contributed by atoms with E-state index in [0.29, 0.717) is 11.4 Å². The predicted octanol–water partition coefficient (Wildman–Crippen LogP) is 0.863. The van der Waals surface area contributed by atoms with Crippen LogP contribution in [0.3, 0.4) is 0 Å². The lowest BCUT2D eigenvalue weighted by molar-refractivity contribution is -0.129. The zero-order chi connectivity index (χ0) is 13.8. The smallest absolute Gasteiger partial charge is 0.353 e. The molecule has 7 nitrogen and oxygen atoms in total. The number of carbonyl (C=O) groups is 2. The summed E-state index contributed by atoms with van der Waals surface area (Å²) >= 11 is 0. The van der Waals surface area contributed by atoms with Crippen molar-refractivity contribution in [2.45, 2.75) is 12.5 Å². The third kappa shape index (κ3) is 3.01. The van der Waals surface area contributed by atoms with Gasteiger partial charge in [-0.05, 0) is 12.1 Å². The lowest BCUT2D eigenvalue weighted by Gasteiger charge is -2.10. The van der Waals surface area contributed by atoms with E-state index in [4.69, 9.17) is 14.7 Å². The Morgan fingerprint density at radius 3 is 2.95 bits per heavy atom. The number of aliphatic carboxylic acids is 1. The van der Waals surface area contributed by atoms with Gasteiger partial charge >= 0.3 is 5.97 Å². The van der Waals surface area contributed by atoms with E-state index < -0.39 is 18.0 Å². The molecule has 1 aromatic carbocycles. The normalized spacial score (nSPS) is 17.3. The fourth-order valence-corrected chi connectivity index (χ4v) is 1.57.